The van der Waals surface area contributed by atoms with Crippen LogP contribution in [0.15, 0.2) is 34.9 Å². The van der Waals surface area contributed by atoms with E-state index < -0.39 is 156 Å². The Morgan fingerprint density at radius 1 is 0.418 bits per heavy atom. The number of aliphatic carboxylic acids is 4. The van der Waals surface area contributed by atoms with Crippen molar-refractivity contribution < 1.29 is 116 Å². The second-order valence-corrected chi connectivity index (χ2v) is 20.4. The van der Waals surface area contributed by atoms with Gasteiger partial charge in [0.1, 0.15) is 32.8 Å². The van der Waals surface area contributed by atoms with Crippen LogP contribution in [-0.4, -0.2) is 177 Å². The van der Waals surface area contributed by atoms with Gasteiger partial charge >= 0.3 is 53.7 Å². The highest BCUT2D eigenvalue weighted by Gasteiger charge is 2.47. The van der Waals surface area contributed by atoms with Gasteiger partial charge in [-0.2, -0.15) is 0 Å². The zero-order valence-electron chi connectivity index (χ0n) is 45.6. The molecule has 3 unspecified atom stereocenters. The van der Waals surface area contributed by atoms with E-state index in [1.165, 1.54) is 41.5 Å². The summed E-state index contributed by atoms with van der Waals surface area (Å²) >= 11 is 0. The Morgan fingerprint density at radius 3 is 0.949 bits per heavy atom. The van der Waals surface area contributed by atoms with E-state index in [1.807, 2.05) is 13.8 Å². The molecule has 4 N–H and O–H groups in total. The largest absolute Gasteiger partial charge is 0.481 e. The fourth-order valence-corrected chi connectivity index (χ4v) is 7.73. The lowest BCUT2D eigenvalue weighted by Crippen LogP contribution is -2.39. The summed E-state index contributed by atoms with van der Waals surface area (Å²) in [7, 11) is 0. The van der Waals surface area contributed by atoms with E-state index in [1.54, 1.807) is 6.92 Å². The number of carboxylic acid groups (broad SMARTS) is 4. The van der Waals surface area contributed by atoms with Crippen molar-refractivity contribution in [2.24, 2.45) is 34.0 Å². The molecule has 0 aromatic rings. The molecule has 0 fully saturated rings. The summed E-state index contributed by atoms with van der Waals surface area (Å²) < 4.78 is 26.2. The maximum atomic E-state index is 13.2. The molecule has 3 aliphatic heterocycles. The number of hydrogen-bond acceptors (Lipinski definition) is 20. The van der Waals surface area contributed by atoms with Crippen molar-refractivity contribution in [3.05, 3.63) is 34.9 Å². The molecule has 27 heteroatoms. The minimum Gasteiger partial charge on any atom is -0.481 e. The number of esters is 5. The fraction of sp³-hybridized carbons (Fsp3) is 0.596. The van der Waals surface area contributed by atoms with Gasteiger partial charge in [0.15, 0.2) is 0 Å². The van der Waals surface area contributed by atoms with Crippen molar-refractivity contribution in [2.75, 3.05) is 52.7 Å². The summed E-state index contributed by atoms with van der Waals surface area (Å²) in [6.07, 6.45) is 4.54. The highest BCUT2D eigenvalue weighted by molar-refractivity contribution is 6.20. The molecule has 0 aromatic heterocycles. The number of rotatable bonds is 32. The highest BCUT2D eigenvalue weighted by Crippen LogP contribution is 2.37. The number of ether oxygens (including phenoxy) is 5. The van der Waals surface area contributed by atoms with E-state index in [2.05, 4.69) is 0 Å². The molecule has 3 aliphatic rings. The van der Waals surface area contributed by atoms with Crippen LogP contribution in [0.25, 0.3) is 0 Å². The standard InChI is InChI=1S/C35H46N2O16.C17H23NO8/c1-7-9-11-51-31(47)23(21-15-25(39)37(29(21)45)19-27(42)43)17-35(5,6)33(49)53-13-12-52-32(48)34(3,4)16-22(30(46)50-10-8-2)20-14-24(38)36(28(20)44)18-26(40)41;1-4-5-6-26-15(23)11(8-17(2,3)16(24)25)10-7-12(19)18(14(10)22)9-13(20)21/h14-15,22-23H,7-13,16-19H2,1-6H3,(H,40,41)(H,42,43);7,11H,4-6,8-9H2,1-3H3,(H,20,21)(H,24,25). The Morgan fingerprint density at radius 2 is 0.696 bits per heavy atom. The Kier molecular flexibility index (Phi) is 25.1. The number of carbonyl (C=O) groups excluding carboxylic acids is 11. The van der Waals surface area contributed by atoms with E-state index in [0.29, 0.717) is 40.4 Å². The van der Waals surface area contributed by atoms with Gasteiger partial charge in [-0.05, 0) is 80.1 Å². The SMILES string of the molecule is CCCCOC(=O)C(CC(C)(C)C(=O)O)C1=CC(=O)N(CC(=O)O)C1=O.CCCCOC(=O)C(CC(C)(C)C(=O)OCCOC(=O)C(C)(C)CC(C(=O)OCCC)C1=CC(=O)N(CC(=O)O)C1=O)C1=CC(=O)N(CC(=O)O)C1=O. The number of unbranched alkanes of at least 4 members (excludes halogenated alkanes) is 2. The molecule has 0 aromatic carbocycles. The molecule has 0 saturated heterocycles. The third-order valence-electron chi connectivity index (χ3n) is 12.3. The minimum absolute atomic E-state index is 0.00253. The minimum atomic E-state index is -1.48. The molecule has 6 amide bonds. The average Bonchev–Trinajstić information content (AvgIpc) is 3.91. The first-order chi connectivity index (χ1) is 36.7. The van der Waals surface area contributed by atoms with Crippen LogP contribution in [0.1, 0.15) is 114 Å². The lowest BCUT2D eigenvalue weighted by atomic mass is 9.79. The van der Waals surface area contributed by atoms with E-state index in [9.17, 15) is 77.0 Å². The van der Waals surface area contributed by atoms with Crippen LogP contribution in [0.3, 0.4) is 0 Å². The smallest absolute Gasteiger partial charge is 0.323 e. The number of nitrogens with zero attached hydrogens (tertiary/aromatic N) is 3. The van der Waals surface area contributed by atoms with Crippen molar-refractivity contribution >= 4 is 89.2 Å². The van der Waals surface area contributed by atoms with E-state index in [-0.39, 0.29) is 55.8 Å². The number of carboxylic acids is 4. The van der Waals surface area contributed by atoms with Gasteiger partial charge < -0.3 is 44.1 Å². The summed E-state index contributed by atoms with van der Waals surface area (Å²) in [5.41, 5.74) is -5.24. The normalized spacial score (nSPS) is 15.8. The van der Waals surface area contributed by atoms with Crippen LogP contribution >= 0.6 is 0 Å². The molecule has 0 bridgehead atoms. The van der Waals surface area contributed by atoms with Gasteiger partial charge in [0.25, 0.3) is 35.4 Å². The molecule has 0 saturated carbocycles. The first kappa shape index (κ1) is 67.0. The van der Waals surface area contributed by atoms with Crippen molar-refractivity contribution in [1.82, 2.24) is 14.7 Å². The van der Waals surface area contributed by atoms with E-state index >= 15 is 0 Å². The molecule has 0 aliphatic carbocycles. The second kappa shape index (κ2) is 29.6. The first-order valence-corrected chi connectivity index (χ1v) is 25.1. The first-order valence-electron chi connectivity index (χ1n) is 25.1. The summed E-state index contributed by atoms with van der Waals surface area (Å²) in [5, 5.41) is 36.3. The summed E-state index contributed by atoms with van der Waals surface area (Å²) in [4.78, 5) is 186. The van der Waals surface area contributed by atoms with Crippen molar-refractivity contribution in [3.63, 3.8) is 0 Å². The summed E-state index contributed by atoms with van der Waals surface area (Å²) in [6, 6.07) is 0. The molecule has 0 radical (unpaired) electrons. The van der Waals surface area contributed by atoms with Crippen molar-refractivity contribution in [1.29, 1.82) is 0 Å². The Hall–Kier alpha value is -8.13. The van der Waals surface area contributed by atoms with Crippen LogP contribution in [0, 0.1) is 34.0 Å². The molecule has 3 atom stereocenters. The summed E-state index contributed by atoms with van der Waals surface area (Å²) in [6.45, 7) is 10.3. The summed E-state index contributed by atoms with van der Waals surface area (Å²) in [5.74, 6) is -19.6. The van der Waals surface area contributed by atoms with E-state index in [4.69, 9.17) is 39.0 Å². The topological polar surface area (TPSA) is 393 Å². The zero-order valence-corrected chi connectivity index (χ0v) is 45.6. The second-order valence-electron chi connectivity index (χ2n) is 20.4. The molecular weight excluding hydrogens is 1050 g/mol. The quantitative estimate of drug-likeness (QED) is 0.0324. The Labute approximate surface area is 454 Å². The average molecular weight is 1120 g/mol. The monoisotopic (exact) mass is 1120 g/mol. The van der Waals surface area contributed by atoms with Crippen LogP contribution in [-0.2, 0) is 95.6 Å². The van der Waals surface area contributed by atoms with Crippen molar-refractivity contribution in [3.8, 4) is 0 Å². The van der Waals surface area contributed by atoms with Gasteiger partial charge in [0, 0.05) is 34.9 Å². The molecule has 79 heavy (non-hydrogen) atoms. The predicted molar refractivity (Wildman–Crippen MR) is 266 cm³/mol. The maximum absolute atomic E-state index is 13.2. The number of amides is 6. The van der Waals surface area contributed by atoms with Gasteiger partial charge in [-0.15, -0.1) is 0 Å². The molecule has 3 rings (SSSR count). The maximum Gasteiger partial charge on any atom is 0.323 e. The number of imide groups is 3. The molecule has 0 spiro atoms. The molecule has 436 valence electrons. The molecule has 3 heterocycles. The van der Waals surface area contributed by atoms with Crippen LogP contribution in [0.2, 0.25) is 0 Å². The van der Waals surface area contributed by atoms with Gasteiger partial charge in [0.05, 0.1) is 53.8 Å². The van der Waals surface area contributed by atoms with Gasteiger partial charge in [-0.1, -0.05) is 33.6 Å². The van der Waals surface area contributed by atoms with Crippen LogP contribution < -0.4 is 0 Å². The van der Waals surface area contributed by atoms with Crippen LogP contribution in [0.5, 0.6) is 0 Å². The van der Waals surface area contributed by atoms with Crippen LogP contribution in [0.4, 0.5) is 0 Å². The molecular formula is C52H69N3O24. The fourth-order valence-electron chi connectivity index (χ4n) is 7.73. The van der Waals surface area contributed by atoms with E-state index in [0.717, 1.165) is 24.6 Å². The lowest BCUT2D eigenvalue weighted by molar-refractivity contribution is -0.165. The Balaban J connectivity index is 0.000000685. The van der Waals surface area contributed by atoms with Gasteiger partial charge in [-0.25, -0.2) is 0 Å². The lowest BCUT2D eigenvalue weighted by Gasteiger charge is -2.28. The third-order valence-corrected chi connectivity index (χ3v) is 12.3. The Bertz CT molecular complexity index is 2530. The van der Waals surface area contributed by atoms with Gasteiger partial charge in [0.2, 0.25) is 0 Å². The predicted octanol–water partition coefficient (Wildman–Crippen LogP) is 2.02. The third kappa shape index (κ3) is 19.1. The number of carbonyl (C=O) groups is 15. The highest BCUT2D eigenvalue weighted by atomic mass is 16.6. The molecule has 27 nitrogen and oxygen atoms in total. The number of hydrogen-bond donors (Lipinski definition) is 4. The van der Waals surface area contributed by atoms with Crippen molar-refractivity contribution in [2.45, 2.75) is 114 Å². The van der Waals surface area contributed by atoms with Gasteiger partial charge in [-0.3, -0.25) is 86.6 Å². The zero-order chi connectivity index (χ0) is 60.3.